The van der Waals surface area contributed by atoms with E-state index in [0.29, 0.717) is 56.4 Å². The third kappa shape index (κ3) is 4.66. The smallest absolute Gasteiger partial charge is 0.251 e. The van der Waals surface area contributed by atoms with E-state index in [2.05, 4.69) is 15.3 Å². The fourth-order valence-electron chi connectivity index (χ4n) is 8.52. The number of benzene rings is 3. The second-order valence-corrected chi connectivity index (χ2v) is 13.4. The number of H-pyrrole nitrogens is 1. The van der Waals surface area contributed by atoms with E-state index in [1.165, 1.54) is 6.26 Å². The van der Waals surface area contributed by atoms with E-state index in [1.807, 2.05) is 54.6 Å². The number of rotatable bonds is 6. The molecule has 7 nitrogen and oxygen atoms in total. The molecule has 3 aromatic carbocycles. The Kier molecular flexibility index (Phi) is 6.50. The molecule has 1 unspecified atom stereocenters. The normalized spacial score (nSPS) is 26.1. The Hall–Kier alpha value is -4.20. The first-order chi connectivity index (χ1) is 21.3. The van der Waals surface area contributed by atoms with Crippen molar-refractivity contribution in [3.63, 3.8) is 0 Å². The van der Waals surface area contributed by atoms with Gasteiger partial charge in [-0.2, -0.15) is 0 Å². The molecule has 44 heavy (non-hydrogen) atoms. The van der Waals surface area contributed by atoms with Gasteiger partial charge in [-0.25, -0.2) is 4.98 Å². The Morgan fingerprint density at radius 3 is 2.41 bits per heavy atom. The van der Waals surface area contributed by atoms with Crippen LogP contribution in [0.3, 0.4) is 0 Å². The van der Waals surface area contributed by atoms with E-state index in [9.17, 15) is 14.7 Å². The van der Waals surface area contributed by atoms with E-state index in [0.717, 1.165) is 43.2 Å². The molecule has 4 aliphatic carbocycles. The van der Waals surface area contributed by atoms with Crippen molar-refractivity contribution in [1.29, 1.82) is 0 Å². The van der Waals surface area contributed by atoms with Crippen molar-refractivity contribution < 1.29 is 14.3 Å². The van der Waals surface area contributed by atoms with Gasteiger partial charge in [0.25, 0.3) is 5.91 Å². The molecule has 3 N–H and O–H groups in total. The quantitative estimate of drug-likeness (QED) is 0.200. The molecule has 0 radical (unpaired) electrons. The highest BCUT2D eigenvalue weighted by atomic mass is 35.5. The van der Waals surface area contributed by atoms with Crippen molar-refractivity contribution in [3.05, 3.63) is 123 Å². The summed E-state index contributed by atoms with van der Waals surface area (Å²) in [6, 6.07) is 22.6. The molecule has 0 spiro atoms. The Labute approximate surface area is 259 Å². The first-order valence-corrected chi connectivity index (χ1v) is 15.7. The van der Waals surface area contributed by atoms with Crippen LogP contribution in [-0.2, 0) is 0 Å². The Bertz CT molecular complexity index is 1900. The number of nitrogens with zero attached hydrogens (tertiary/aromatic N) is 1. The van der Waals surface area contributed by atoms with Gasteiger partial charge in [-0.15, -0.1) is 0 Å². The summed E-state index contributed by atoms with van der Waals surface area (Å²) >= 11 is 6.28. The lowest BCUT2D eigenvalue weighted by Gasteiger charge is -2.58. The Morgan fingerprint density at radius 1 is 1.00 bits per heavy atom. The molecule has 9 rings (SSSR count). The number of pyridine rings is 1. The minimum absolute atomic E-state index is 0.0989. The highest BCUT2D eigenvalue weighted by Gasteiger charge is 2.55. The maximum atomic E-state index is 14.3. The van der Waals surface area contributed by atoms with Gasteiger partial charge < -0.3 is 19.8 Å². The number of carbonyl (C=O) groups is 1. The number of carbonyl (C=O) groups excluding carboxylic acids is 1. The molecule has 5 aromatic rings. The van der Waals surface area contributed by atoms with Gasteiger partial charge in [0.1, 0.15) is 12.0 Å². The Balaban J connectivity index is 1.18. The second kappa shape index (κ2) is 10.5. The summed E-state index contributed by atoms with van der Waals surface area (Å²) in [5.41, 5.74) is 3.23. The van der Waals surface area contributed by atoms with Gasteiger partial charge in [0.05, 0.1) is 17.3 Å². The van der Waals surface area contributed by atoms with E-state index >= 15 is 0 Å². The van der Waals surface area contributed by atoms with Crippen LogP contribution in [0.4, 0.5) is 0 Å². The van der Waals surface area contributed by atoms with E-state index in [4.69, 9.17) is 16.0 Å². The fourth-order valence-corrected chi connectivity index (χ4v) is 8.69. The van der Waals surface area contributed by atoms with Gasteiger partial charge in [-0.05, 0) is 91.3 Å². The van der Waals surface area contributed by atoms with Crippen molar-refractivity contribution in [2.45, 2.75) is 49.7 Å². The third-order valence-corrected chi connectivity index (χ3v) is 10.3. The van der Waals surface area contributed by atoms with E-state index < -0.39 is 11.5 Å². The maximum absolute atomic E-state index is 14.3. The molecule has 2 heterocycles. The third-order valence-electron chi connectivity index (χ3n) is 10.1. The number of aromatic nitrogens is 2. The molecular formula is C36H32ClN3O4. The monoisotopic (exact) mass is 605 g/mol. The molecule has 0 saturated heterocycles. The summed E-state index contributed by atoms with van der Waals surface area (Å²) in [5, 5.41) is 15.3. The zero-order chi connectivity index (χ0) is 30.0. The van der Waals surface area contributed by atoms with Gasteiger partial charge in [0.2, 0.25) is 5.89 Å². The number of aliphatic hydroxyl groups is 1. The summed E-state index contributed by atoms with van der Waals surface area (Å²) in [5.74, 6) is 0.982. The standard InChI is InChI=1S/C36H32ClN3O4/c37-26-10-11-27-28(16-26)39-32(35-38-12-13-44-35)30(33(27)41)29(21-4-2-1-3-5-21)22-6-8-23(9-7-22)34(42)40-31-24-14-20-15-25(31)19-36(43,17-20)18-24/h1-13,16,20,24-25,29,31,43H,14-15,17-19H2,(H,39,41)(H,40,42)/t20-,24-,25+,29?,31-,36+. The number of hydrogen-bond donors (Lipinski definition) is 3. The average molecular weight is 606 g/mol. The topological polar surface area (TPSA) is 108 Å². The van der Waals surface area contributed by atoms with Crippen molar-refractivity contribution in [1.82, 2.24) is 15.3 Å². The SMILES string of the molecule is O=C(N[C@@H]1[C@@H]2C[C@@H]3C[C@H]1C[C@](O)(C3)C2)c1ccc(C(c2ccccc2)c2c(-c3ncco3)[nH]c3cc(Cl)ccc3c2=O)cc1. The first kappa shape index (κ1) is 27.4. The molecule has 1 amide bonds. The number of nitrogens with one attached hydrogen (secondary N) is 2. The van der Waals surface area contributed by atoms with Crippen LogP contribution in [0.15, 0.2) is 94.5 Å². The van der Waals surface area contributed by atoms with Crippen molar-refractivity contribution in [3.8, 4) is 11.6 Å². The summed E-state index contributed by atoms with van der Waals surface area (Å²) in [4.78, 5) is 35.5. The van der Waals surface area contributed by atoms with Crippen LogP contribution in [0.25, 0.3) is 22.5 Å². The van der Waals surface area contributed by atoms with Gasteiger partial charge >= 0.3 is 0 Å². The minimum atomic E-state index is -0.539. The molecule has 4 fully saturated rings. The van der Waals surface area contributed by atoms with Crippen LogP contribution in [0.1, 0.15) is 65.1 Å². The van der Waals surface area contributed by atoms with Crippen molar-refractivity contribution >= 4 is 28.4 Å². The lowest BCUT2D eigenvalue weighted by molar-refractivity contribution is -0.136. The van der Waals surface area contributed by atoms with Crippen LogP contribution in [0.5, 0.6) is 0 Å². The van der Waals surface area contributed by atoms with E-state index in [1.54, 1.807) is 24.4 Å². The largest absolute Gasteiger partial charge is 0.443 e. The Morgan fingerprint density at radius 2 is 1.73 bits per heavy atom. The van der Waals surface area contributed by atoms with Gasteiger partial charge in [0.15, 0.2) is 5.43 Å². The van der Waals surface area contributed by atoms with E-state index in [-0.39, 0.29) is 17.4 Å². The van der Waals surface area contributed by atoms with Crippen molar-refractivity contribution in [2.24, 2.45) is 17.8 Å². The maximum Gasteiger partial charge on any atom is 0.251 e. The predicted molar refractivity (Wildman–Crippen MR) is 169 cm³/mol. The molecule has 6 atom stereocenters. The van der Waals surface area contributed by atoms with Crippen LogP contribution < -0.4 is 10.7 Å². The number of hydrogen-bond acceptors (Lipinski definition) is 5. The highest BCUT2D eigenvalue weighted by molar-refractivity contribution is 6.31. The fraction of sp³-hybridized carbons (Fsp3) is 0.306. The molecule has 2 aromatic heterocycles. The molecule has 0 aliphatic heterocycles. The summed E-state index contributed by atoms with van der Waals surface area (Å²) < 4.78 is 5.70. The lowest BCUT2D eigenvalue weighted by atomic mass is 9.52. The van der Waals surface area contributed by atoms with Crippen LogP contribution in [0.2, 0.25) is 5.02 Å². The molecule has 4 bridgehead atoms. The number of oxazole rings is 1. The highest BCUT2D eigenvalue weighted by Crippen LogP contribution is 2.55. The number of amides is 1. The van der Waals surface area contributed by atoms with Crippen molar-refractivity contribution in [2.75, 3.05) is 0 Å². The second-order valence-electron chi connectivity index (χ2n) is 12.9. The molecule has 4 saturated carbocycles. The minimum Gasteiger partial charge on any atom is -0.443 e. The lowest BCUT2D eigenvalue weighted by Crippen LogP contribution is -2.61. The molecule has 222 valence electrons. The zero-order valence-electron chi connectivity index (χ0n) is 24.0. The molecule has 8 heteroatoms. The van der Waals surface area contributed by atoms with Crippen LogP contribution in [0, 0.1) is 17.8 Å². The van der Waals surface area contributed by atoms with Gasteiger partial charge in [-0.1, -0.05) is 54.1 Å². The summed E-state index contributed by atoms with van der Waals surface area (Å²) in [6.07, 6.45) is 7.67. The average Bonchev–Trinajstić information content (AvgIpc) is 3.55. The van der Waals surface area contributed by atoms with Crippen LogP contribution in [-0.4, -0.2) is 32.6 Å². The summed E-state index contributed by atoms with van der Waals surface area (Å²) in [6.45, 7) is 0. The first-order valence-electron chi connectivity index (χ1n) is 15.3. The predicted octanol–water partition coefficient (Wildman–Crippen LogP) is 6.69. The zero-order valence-corrected chi connectivity index (χ0v) is 24.8. The number of halogens is 1. The summed E-state index contributed by atoms with van der Waals surface area (Å²) in [7, 11) is 0. The number of fused-ring (bicyclic) bond motifs is 1. The van der Waals surface area contributed by atoms with Crippen LogP contribution >= 0.6 is 11.6 Å². The van der Waals surface area contributed by atoms with Gasteiger partial charge in [-0.3, -0.25) is 9.59 Å². The van der Waals surface area contributed by atoms with Gasteiger partial charge in [0, 0.05) is 33.5 Å². The number of aromatic amines is 1. The molecule has 4 aliphatic rings. The molecular weight excluding hydrogens is 574 g/mol.